The summed E-state index contributed by atoms with van der Waals surface area (Å²) in [5, 5.41) is 3.21. The molecule has 4 rings (SSSR count). The molecule has 0 aromatic heterocycles. The topological polar surface area (TPSA) is 86.8 Å². The molecule has 230 valence electrons. The van der Waals surface area contributed by atoms with Crippen molar-refractivity contribution in [2.24, 2.45) is 0 Å². The Labute approximate surface area is 255 Å². The Kier molecular flexibility index (Phi) is 11.3. The highest BCUT2D eigenvalue weighted by atomic mass is 32.2. The second-order valence-corrected chi connectivity index (χ2v) is 13.4. The second kappa shape index (κ2) is 15.1. The van der Waals surface area contributed by atoms with Gasteiger partial charge in [-0.25, -0.2) is 12.8 Å². The first-order chi connectivity index (χ1) is 20.6. The number of hydrogen-bond acceptors (Lipinski definition) is 4. The van der Waals surface area contributed by atoms with E-state index in [1.54, 1.807) is 29.2 Å². The molecule has 2 amide bonds. The fraction of sp³-hybridized carbons (Fsp3) is 0.412. The minimum absolute atomic E-state index is 0.0427. The monoisotopic (exact) mass is 607 g/mol. The van der Waals surface area contributed by atoms with Crippen LogP contribution in [0.4, 0.5) is 10.1 Å². The molecule has 0 bridgehead atoms. The molecule has 0 heterocycles. The van der Waals surface area contributed by atoms with Crippen LogP contribution in [0.25, 0.3) is 0 Å². The van der Waals surface area contributed by atoms with Crippen molar-refractivity contribution < 1.29 is 22.4 Å². The first-order valence-electron chi connectivity index (χ1n) is 15.0. The largest absolute Gasteiger partial charge is 0.352 e. The Bertz CT molecular complexity index is 1440. The van der Waals surface area contributed by atoms with Gasteiger partial charge in [-0.3, -0.25) is 13.9 Å². The van der Waals surface area contributed by atoms with Gasteiger partial charge in [0.05, 0.1) is 11.9 Å². The maximum absolute atomic E-state index is 14.0. The number of aryl methyl sites for hydroxylation is 1. The number of nitrogens with one attached hydrogen (secondary N) is 1. The number of anilines is 1. The molecule has 7 nitrogen and oxygen atoms in total. The predicted octanol–water partition coefficient (Wildman–Crippen LogP) is 5.77. The number of carbonyl (C=O) groups is 2. The lowest BCUT2D eigenvalue weighted by Crippen LogP contribution is -2.52. The molecule has 1 fully saturated rings. The third kappa shape index (κ3) is 9.64. The smallest absolute Gasteiger partial charge is 0.243 e. The summed E-state index contributed by atoms with van der Waals surface area (Å²) in [5.74, 6) is -0.848. The quantitative estimate of drug-likeness (QED) is 0.267. The van der Waals surface area contributed by atoms with Gasteiger partial charge >= 0.3 is 0 Å². The first kappa shape index (κ1) is 32.2. The Morgan fingerprint density at radius 3 is 2.19 bits per heavy atom. The summed E-state index contributed by atoms with van der Waals surface area (Å²) in [6.07, 6.45) is 6.89. The highest BCUT2D eigenvalue weighted by Crippen LogP contribution is 2.22. The van der Waals surface area contributed by atoms with Gasteiger partial charge < -0.3 is 10.2 Å². The lowest BCUT2D eigenvalue weighted by Gasteiger charge is -2.34. The van der Waals surface area contributed by atoms with Crippen molar-refractivity contribution >= 4 is 27.5 Å². The molecule has 1 N–H and O–H groups in total. The molecule has 3 aromatic rings. The van der Waals surface area contributed by atoms with Crippen molar-refractivity contribution in [2.75, 3.05) is 17.1 Å². The minimum atomic E-state index is -3.58. The van der Waals surface area contributed by atoms with E-state index in [9.17, 15) is 22.4 Å². The zero-order valence-electron chi connectivity index (χ0n) is 25.0. The van der Waals surface area contributed by atoms with Gasteiger partial charge in [-0.1, -0.05) is 79.4 Å². The van der Waals surface area contributed by atoms with Crippen molar-refractivity contribution in [2.45, 2.75) is 76.9 Å². The number of carbonyl (C=O) groups excluding carboxylic acids is 2. The van der Waals surface area contributed by atoms with Crippen molar-refractivity contribution in [1.82, 2.24) is 10.2 Å². The van der Waals surface area contributed by atoms with Gasteiger partial charge in [0, 0.05) is 32.0 Å². The highest BCUT2D eigenvalue weighted by molar-refractivity contribution is 7.92. The summed E-state index contributed by atoms with van der Waals surface area (Å²) in [5.41, 5.74) is 3.18. The van der Waals surface area contributed by atoms with E-state index in [-0.39, 0.29) is 49.6 Å². The van der Waals surface area contributed by atoms with Crippen molar-refractivity contribution in [3.63, 3.8) is 0 Å². The van der Waals surface area contributed by atoms with Crippen LogP contribution in [0.15, 0.2) is 78.9 Å². The maximum Gasteiger partial charge on any atom is 0.243 e. The normalized spacial score (nSPS) is 14.6. The molecular formula is C34H42FN3O4S. The summed E-state index contributed by atoms with van der Waals surface area (Å²) < 4.78 is 40.3. The lowest BCUT2D eigenvalue weighted by molar-refractivity contribution is -0.141. The average molecular weight is 608 g/mol. The average Bonchev–Trinajstić information content (AvgIpc) is 2.99. The molecule has 1 aliphatic rings. The predicted molar refractivity (Wildman–Crippen MR) is 169 cm³/mol. The zero-order chi connectivity index (χ0) is 30.8. The molecule has 0 saturated heterocycles. The van der Waals surface area contributed by atoms with E-state index in [1.807, 2.05) is 49.4 Å². The van der Waals surface area contributed by atoms with Crippen molar-refractivity contribution in [3.8, 4) is 0 Å². The van der Waals surface area contributed by atoms with Crippen LogP contribution in [0.5, 0.6) is 0 Å². The van der Waals surface area contributed by atoms with Crippen molar-refractivity contribution in [1.29, 1.82) is 0 Å². The molecule has 1 aliphatic carbocycles. The van der Waals surface area contributed by atoms with E-state index < -0.39 is 16.1 Å². The first-order valence-corrected chi connectivity index (χ1v) is 16.9. The van der Waals surface area contributed by atoms with Gasteiger partial charge in [-0.05, 0) is 61.6 Å². The summed E-state index contributed by atoms with van der Waals surface area (Å²) >= 11 is 0. The van der Waals surface area contributed by atoms with Gasteiger partial charge in [0.25, 0.3) is 0 Å². The molecule has 0 unspecified atom stereocenters. The van der Waals surface area contributed by atoms with Crippen LogP contribution in [0.1, 0.15) is 61.6 Å². The Morgan fingerprint density at radius 1 is 0.907 bits per heavy atom. The Hall–Kier alpha value is -3.72. The molecule has 0 aliphatic heterocycles. The van der Waals surface area contributed by atoms with E-state index in [0.717, 1.165) is 49.5 Å². The molecule has 1 saturated carbocycles. The fourth-order valence-electron chi connectivity index (χ4n) is 5.60. The summed E-state index contributed by atoms with van der Waals surface area (Å²) in [7, 11) is -3.58. The van der Waals surface area contributed by atoms with Crippen LogP contribution in [0.3, 0.4) is 0 Å². The van der Waals surface area contributed by atoms with Crippen LogP contribution < -0.4 is 9.62 Å². The van der Waals surface area contributed by atoms with E-state index >= 15 is 0 Å². The highest BCUT2D eigenvalue weighted by Gasteiger charge is 2.32. The van der Waals surface area contributed by atoms with Crippen molar-refractivity contribution in [3.05, 3.63) is 101 Å². The SMILES string of the molecule is Cc1ccc(N(CCCC(=O)N(Cc2ccc(F)cc2)[C@@H](Cc2ccccc2)C(=O)NC2CCCCC2)S(C)(=O)=O)cc1. The third-order valence-electron chi connectivity index (χ3n) is 7.96. The minimum Gasteiger partial charge on any atom is -0.352 e. The summed E-state index contributed by atoms with van der Waals surface area (Å²) in [4.78, 5) is 29.4. The summed E-state index contributed by atoms with van der Waals surface area (Å²) in [6, 6.07) is 22.0. The van der Waals surface area contributed by atoms with Crippen LogP contribution in [0.2, 0.25) is 0 Å². The van der Waals surface area contributed by atoms with E-state index in [1.165, 1.54) is 16.4 Å². The van der Waals surface area contributed by atoms with E-state index in [0.29, 0.717) is 17.7 Å². The number of sulfonamides is 1. The molecule has 9 heteroatoms. The Balaban J connectivity index is 1.58. The standard InChI is InChI=1S/C34H42FN3O4S/c1-26-15-21-31(22-16-26)38(43(2,41)42)23-9-14-33(39)37(25-28-17-19-29(35)20-18-28)32(24-27-10-5-3-6-11-27)34(40)36-30-12-7-4-8-13-30/h3,5-6,10-11,15-22,30,32H,4,7-9,12-14,23-25H2,1-2H3,(H,36,40)/t32-/m0/s1. The number of halogens is 1. The number of nitrogens with zero attached hydrogens (tertiary/aromatic N) is 2. The van der Waals surface area contributed by atoms with Crippen LogP contribution in [0, 0.1) is 12.7 Å². The molecule has 0 radical (unpaired) electrons. The molecule has 1 atom stereocenters. The van der Waals surface area contributed by atoms with Crippen LogP contribution >= 0.6 is 0 Å². The van der Waals surface area contributed by atoms with Crippen LogP contribution in [-0.4, -0.2) is 50.0 Å². The fourth-order valence-corrected chi connectivity index (χ4v) is 6.57. The molecular weight excluding hydrogens is 565 g/mol. The molecule has 3 aromatic carbocycles. The summed E-state index contributed by atoms with van der Waals surface area (Å²) in [6.45, 7) is 2.18. The Morgan fingerprint density at radius 2 is 1.56 bits per heavy atom. The molecule has 0 spiro atoms. The van der Waals surface area contributed by atoms with Gasteiger partial charge in [0.15, 0.2) is 0 Å². The van der Waals surface area contributed by atoms with Crippen LogP contribution in [-0.2, 0) is 32.6 Å². The second-order valence-electron chi connectivity index (χ2n) is 11.5. The van der Waals surface area contributed by atoms with E-state index in [4.69, 9.17) is 0 Å². The molecule has 43 heavy (non-hydrogen) atoms. The third-order valence-corrected chi connectivity index (χ3v) is 9.16. The van der Waals surface area contributed by atoms with Gasteiger partial charge in [0.1, 0.15) is 11.9 Å². The maximum atomic E-state index is 14.0. The van der Waals surface area contributed by atoms with E-state index in [2.05, 4.69) is 5.32 Å². The number of benzene rings is 3. The van der Waals surface area contributed by atoms with Gasteiger partial charge in [-0.15, -0.1) is 0 Å². The number of hydrogen-bond donors (Lipinski definition) is 1. The number of amides is 2. The number of rotatable bonds is 13. The van der Waals surface area contributed by atoms with Gasteiger partial charge in [0.2, 0.25) is 21.8 Å². The lowest BCUT2D eigenvalue weighted by atomic mass is 9.94. The van der Waals surface area contributed by atoms with Gasteiger partial charge in [-0.2, -0.15) is 0 Å². The zero-order valence-corrected chi connectivity index (χ0v) is 25.9.